The van der Waals surface area contributed by atoms with Crippen molar-refractivity contribution in [2.24, 2.45) is 0 Å². The summed E-state index contributed by atoms with van der Waals surface area (Å²) in [6, 6.07) is 7.11. The van der Waals surface area contributed by atoms with Crippen molar-refractivity contribution in [1.82, 2.24) is 15.2 Å². The Kier molecular flexibility index (Phi) is 7.08. The predicted octanol–water partition coefficient (Wildman–Crippen LogP) is 2.75. The lowest BCUT2D eigenvalue weighted by molar-refractivity contribution is -0.126. The maximum Gasteiger partial charge on any atom is 0.272 e. The Morgan fingerprint density at radius 2 is 2.03 bits per heavy atom. The normalized spacial score (nSPS) is 22.2. The third kappa shape index (κ3) is 5.18. The van der Waals surface area contributed by atoms with E-state index >= 15 is 0 Å². The first-order valence-electron chi connectivity index (χ1n) is 11.2. The second kappa shape index (κ2) is 10.0. The fourth-order valence-corrected chi connectivity index (χ4v) is 4.22. The number of carbonyl (C=O) groups excluding carboxylic acids is 2. The number of pyridine rings is 1. The Hall–Kier alpha value is -3.11. The van der Waals surface area contributed by atoms with E-state index in [1.54, 1.807) is 23.2 Å². The van der Waals surface area contributed by atoms with Crippen LogP contribution in [0.5, 0.6) is 5.75 Å². The molecule has 1 spiro atoms. The summed E-state index contributed by atoms with van der Waals surface area (Å²) < 4.78 is 34.9. The number of aromatic nitrogens is 1. The number of carbonyl (C=O) groups is 2. The second-order valence-electron chi connectivity index (χ2n) is 8.81. The van der Waals surface area contributed by atoms with Crippen molar-refractivity contribution in [3.8, 4) is 5.75 Å². The summed E-state index contributed by atoms with van der Waals surface area (Å²) in [5.41, 5.74) is 1.10. The van der Waals surface area contributed by atoms with Crippen molar-refractivity contribution in [2.45, 2.75) is 43.9 Å². The molecule has 0 radical (unpaired) electrons. The SMILES string of the molecule is CC1CCC(C(=O)Nc2ccnc(C(=O)N3CC4(CCN4)C3)c2)O1.COc1cccc(F)c1F. The molecular formula is C24H28F2N4O4. The molecule has 2 unspecified atom stereocenters. The third-order valence-electron chi connectivity index (χ3n) is 6.28. The van der Waals surface area contributed by atoms with Gasteiger partial charge in [0.2, 0.25) is 5.82 Å². The molecule has 0 saturated carbocycles. The molecule has 34 heavy (non-hydrogen) atoms. The van der Waals surface area contributed by atoms with Crippen LogP contribution in [0, 0.1) is 11.6 Å². The van der Waals surface area contributed by atoms with Crippen molar-refractivity contribution >= 4 is 17.5 Å². The van der Waals surface area contributed by atoms with Crippen LogP contribution in [0.15, 0.2) is 36.5 Å². The second-order valence-corrected chi connectivity index (χ2v) is 8.81. The largest absolute Gasteiger partial charge is 0.494 e. The van der Waals surface area contributed by atoms with E-state index in [2.05, 4.69) is 20.4 Å². The number of likely N-dealkylation sites (tertiary alicyclic amines) is 1. The van der Waals surface area contributed by atoms with Gasteiger partial charge in [0.15, 0.2) is 11.6 Å². The van der Waals surface area contributed by atoms with E-state index in [0.717, 1.165) is 45.0 Å². The van der Waals surface area contributed by atoms with Crippen LogP contribution in [0.3, 0.4) is 0 Å². The Bertz CT molecular complexity index is 1060. The van der Waals surface area contributed by atoms with Crippen LogP contribution < -0.4 is 15.4 Å². The third-order valence-corrected chi connectivity index (χ3v) is 6.28. The molecule has 2 N–H and O–H groups in total. The Morgan fingerprint density at radius 3 is 2.62 bits per heavy atom. The van der Waals surface area contributed by atoms with Crippen molar-refractivity contribution in [1.29, 1.82) is 0 Å². The molecule has 3 aliphatic rings. The number of ether oxygens (including phenoxy) is 2. The highest BCUT2D eigenvalue weighted by Crippen LogP contribution is 2.31. The fourth-order valence-electron chi connectivity index (χ4n) is 4.22. The zero-order chi connectivity index (χ0) is 24.3. The van der Waals surface area contributed by atoms with Crippen molar-refractivity contribution in [3.63, 3.8) is 0 Å². The molecule has 8 nitrogen and oxygen atoms in total. The molecule has 182 valence electrons. The van der Waals surface area contributed by atoms with E-state index in [1.165, 1.54) is 19.2 Å². The maximum absolute atomic E-state index is 12.5. The van der Waals surface area contributed by atoms with E-state index in [9.17, 15) is 18.4 Å². The number of halogens is 2. The van der Waals surface area contributed by atoms with Crippen LogP contribution in [-0.2, 0) is 9.53 Å². The van der Waals surface area contributed by atoms with Crippen LogP contribution in [0.1, 0.15) is 36.7 Å². The molecule has 5 rings (SSSR count). The van der Waals surface area contributed by atoms with Gasteiger partial charge in [-0.3, -0.25) is 14.6 Å². The van der Waals surface area contributed by atoms with Gasteiger partial charge >= 0.3 is 0 Å². The maximum atomic E-state index is 12.5. The molecule has 3 fully saturated rings. The summed E-state index contributed by atoms with van der Waals surface area (Å²) in [6.07, 6.45) is 4.01. The molecule has 2 atom stereocenters. The van der Waals surface area contributed by atoms with Gasteiger partial charge in [-0.05, 0) is 57.0 Å². The number of anilines is 1. The quantitative estimate of drug-likeness (QED) is 0.708. The molecule has 10 heteroatoms. The number of hydrogen-bond donors (Lipinski definition) is 2. The number of nitrogens with one attached hydrogen (secondary N) is 2. The van der Waals surface area contributed by atoms with E-state index in [-0.39, 0.29) is 29.2 Å². The van der Waals surface area contributed by atoms with Crippen LogP contribution in [0.25, 0.3) is 0 Å². The number of rotatable bonds is 4. The summed E-state index contributed by atoms with van der Waals surface area (Å²) in [4.78, 5) is 30.7. The van der Waals surface area contributed by atoms with Crippen molar-refractivity contribution < 1.29 is 27.8 Å². The van der Waals surface area contributed by atoms with Gasteiger partial charge in [0.05, 0.1) is 18.8 Å². The molecule has 2 aromatic rings. The van der Waals surface area contributed by atoms with Gasteiger partial charge in [-0.15, -0.1) is 0 Å². The zero-order valence-corrected chi connectivity index (χ0v) is 19.1. The first-order valence-corrected chi connectivity index (χ1v) is 11.2. The minimum atomic E-state index is -0.940. The van der Waals surface area contributed by atoms with Crippen LogP contribution in [0.4, 0.5) is 14.5 Å². The molecule has 2 amide bonds. The first kappa shape index (κ1) is 24.0. The van der Waals surface area contributed by atoms with E-state index < -0.39 is 17.7 Å². The monoisotopic (exact) mass is 474 g/mol. The molecular weight excluding hydrogens is 446 g/mol. The summed E-state index contributed by atoms with van der Waals surface area (Å²) in [5, 5.41) is 6.21. The highest BCUT2D eigenvalue weighted by Gasteiger charge is 2.49. The minimum Gasteiger partial charge on any atom is -0.494 e. The highest BCUT2D eigenvalue weighted by molar-refractivity contribution is 5.97. The first-order chi connectivity index (χ1) is 16.3. The zero-order valence-electron chi connectivity index (χ0n) is 19.1. The molecule has 3 aliphatic heterocycles. The van der Waals surface area contributed by atoms with E-state index in [0.29, 0.717) is 11.4 Å². The number of amides is 2. The van der Waals surface area contributed by atoms with Gasteiger partial charge in [-0.25, -0.2) is 4.39 Å². The lowest BCUT2D eigenvalue weighted by atomic mass is 9.80. The molecule has 0 aliphatic carbocycles. The van der Waals surface area contributed by atoms with E-state index in [4.69, 9.17) is 4.74 Å². The Balaban J connectivity index is 0.000000231. The smallest absolute Gasteiger partial charge is 0.272 e. The molecule has 1 aromatic carbocycles. The van der Waals surface area contributed by atoms with Crippen molar-refractivity contribution in [3.05, 3.63) is 53.9 Å². The van der Waals surface area contributed by atoms with Gasteiger partial charge in [0.1, 0.15) is 11.8 Å². The fraction of sp³-hybridized carbons (Fsp3) is 0.458. The summed E-state index contributed by atoms with van der Waals surface area (Å²) in [5.74, 6) is -2.15. The summed E-state index contributed by atoms with van der Waals surface area (Å²) in [6.45, 7) is 4.47. The van der Waals surface area contributed by atoms with Gasteiger partial charge in [0.25, 0.3) is 11.8 Å². The summed E-state index contributed by atoms with van der Waals surface area (Å²) >= 11 is 0. The standard InChI is InChI=1S/C17H22N4O3.C7H6F2O/c1-11-2-3-14(24-11)15(22)20-12-4-6-18-13(8-12)16(23)21-9-17(10-21)5-7-19-17;1-10-6-4-2-3-5(8)7(6)9/h4,6,8,11,14,19H,2-3,5,7,9-10H2,1H3,(H,18,20,22);2-4H,1H3. The van der Waals surface area contributed by atoms with Crippen LogP contribution in [0.2, 0.25) is 0 Å². The lowest BCUT2D eigenvalue weighted by Gasteiger charge is -2.56. The Morgan fingerprint density at radius 1 is 1.26 bits per heavy atom. The van der Waals surface area contributed by atoms with Crippen LogP contribution >= 0.6 is 0 Å². The van der Waals surface area contributed by atoms with Gasteiger partial charge < -0.3 is 25.0 Å². The number of benzene rings is 1. The van der Waals surface area contributed by atoms with Gasteiger partial charge in [-0.2, -0.15) is 4.39 Å². The number of methoxy groups -OCH3 is 1. The molecule has 0 bridgehead atoms. The van der Waals surface area contributed by atoms with Gasteiger partial charge in [-0.1, -0.05) is 6.07 Å². The molecule has 3 saturated heterocycles. The minimum absolute atomic E-state index is 0.0694. The predicted molar refractivity (Wildman–Crippen MR) is 121 cm³/mol. The number of nitrogens with zero attached hydrogens (tertiary/aromatic N) is 2. The summed E-state index contributed by atoms with van der Waals surface area (Å²) in [7, 11) is 1.29. The topological polar surface area (TPSA) is 92.8 Å². The lowest BCUT2D eigenvalue weighted by Crippen LogP contribution is -2.76. The van der Waals surface area contributed by atoms with Gasteiger partial charge in [0, 0.05) is 25.0 Å². The average molecular weight is 475 g/mol. The molecule has 4 heterocycles. The van der Waals surface area contributed by atoms with E-state index in [1.807, 2.05) is 6.92 Å². The number of hydrogen-bond acceptors (Lipinski definition) is 6. The Labute approximate surface area is 196 Å². The average Bonchev–Trinajstić information content (AvgIpc) is 3.21. The molecule has 1 aromatic heterocycles. The van der Waals surface area contributed by atoms with Crippen molar-refractivity contribution in [2.75, 3.05) is 32.1 Å². The van der Waals surface area contributed by atoms with Crippen LogP contribution in [-0.4, -0.2) is 66.2 Å². The highest BCUT2D eigenvalue weighted by atomic mass is 19.2.